The first-order valence-corrected chi connectivity index (χ1v) is 5.46. The number of likely N-dealkylation sites (tertiary alicyclic amines) is 1. The molecule has 1 fully saturated rings. The molecule has 1 saturated heterocycles. The Balaban J connectivity index is 2.05. The Kier molecular flexibility index (Phi) is 4.92. The Morgan fingerprint density at radius 2 is 2.29 bits per heavy atom. The predicted molar refractivity (Wildman–Crippen MR) is 57.9 cm³/mol. The van der Waals surface area contributed by atoms with Gasteiger partial charge in [-0.3, -0.25) is 0 Å². The molecule has 0 amide bonds. The summed E-state index contributed by atoms with van der Waals surface area (Å²) in [6.45, 7) is 4.57. The van der Waals surface area contributed by atoms with Crippen LogP contribution in [0.25, 0.3) is 0 Å². The lowest BCUT2D eigenvalue weighted by Crippen LogP contribution is -2.23. The number of rotatable bonds is 5. The summed E-state index contributed by atoms with van der Waals surface area (Å²) in [5.41, 5.74) is 0. The zero-order valence-electron chi connectivity index (χ0n) is 9.37. The summed E-state index contributed by atoms with van der Waals surface area (Å²) in [5, 5.41) is 8.45. The summed E-state index contributed by atoms with van der Waals surface area (Å²) in [7, 11) is 4.30. The molecule has 1 aliphatic rings. The van der Waals surface area contributed by atoms with Crippen LogP contribution in [0.15, 0.2) is 0 Å². The lowest BCUT2D eigenvalue weighted by atomic mass is 10.1. The smallest absolute Gasteiger partial charge is 0.0635 e. The lowest BCUT2D eigenvalue weighted by Gasteiger charge is -2.17. The normalized spacial score (nSPS) is 22.9. The van der Waals surface area contributed by atoms with Gasteiger partial charge in [-0.15, -0.1) is 0 Å². The lowest BCUT2D eigenvalue weighted by molar-refractivity contribution is 0.302. The standard InChI is InChI=1S/C11H21N3/c1-13(7-3-6-12)8-4-11-5-9-14(2)10-11/h11H,3-5,7-10H2,1-2H3. The highest BCUT2D eigenvalue weighted by atomic mass is 15.1. The maximum absolute atomic E-state index is 8.45. The van der Waals surface area contributed by atoms with Crippen LogP contribution in [0.4, 0.5) is 0 Å². The molecule has 3 nitrogen and oxygen atoms in total. The summed E-state index contributed by atoms with van der Waals surface area (Å²) in [4.78, 5) is 4.67. The Bertz CT molecular complexity index is 197. The highest BCUT2D eigenvalue weighted by Crippen LogP contribution is 2.17. The monoisotopic (exact) mass is 195 g/mol. The van der Waals surface area contributed by atoms with Crippen molar-refractivity contribution in [3.05, 3.63) is 0 Å². The Labute approximate surface area is 87.3 Å². The first-order valence-electron chi connectivity index (χ1n) is 5.46. The van der Waals surface area contributed by atoms with Crippen LogP contribution in [-0.4, -0.2) is 50.1 Å². The van der Waals surface area contributed by atoms with Crippen molar-refractivity contribution in [3.8, 4) is 6.07 Å². The van der Waals surface area contributed by atoms with Crippen LogP contribution in [0.1, 0.15) is 19.3 Å². The number of hydrogen-bond acceptors (Lipinski definition) is 3. The summed E-state index contributed by atoms with van der Waals surface area (Å²) >= 11 is 0. The number of hydrogen-bond donors (Lipinski definition) is 0. The highest BCUT2D eigenvalue weighted by Gasteiger charge is 2.19. The van der Waals surface area contributed by atoms with E-state index in [-0.39, 0.29) is 0 Å². The van der Waals surface area contributed by atoms with Crippen LogP contribution in [-0.2, 0) is 0 Å². The first kappa shape index (κ1) is 11.5. The van der Waals surface area contributed by atoms with E-state index in [1.807, 2.05) is 0 Å². The minimum atomic E-state index is 0.654. The summed E-state index contributed by atoms with van der Waals surface area (Å²) in [5.74, 6) is 0.879. The minimum Gasteiger partial charge on any atom is -0.306 e. The molecule has 1 rings (SSSR count). The van der Waals surface area contributed by atoms with Crippen LogP contribution in [0.5, 0.6) is 0 Å². The largest absolute Gasteiger partial charge is 0.306 e. The zero-order valence-corrected chi connectivity index (χ0v) is 9.37. The Morgan fingerprint density at radius 3 is 2.86 bits per heavy atom. The molecule has 0 saturated carbocycles. The fourth-order valence-electron chi connectivity index (χ4n) is 2.02. The predicted octanol–water partition coefficient (Wildman–Crippen LogP) is 1.17. The molecule has 14 heavy (non-hydrogen) atoms. The van der Waals surface area contributed by atoms with Gasteiger partial charge in [-0.25, -0.2) is 0 Å². The molecule has 0 aliphatic carbocycles. The number of nitrogens with zero attached hydrogens (tertiary/aromatic N) is 3. The van der Waals surface area contributed by atoms with Gasteiger partial charge in [0.25, 0.3) is 0 Å². The molecule has 1 heterocycles. The quantitative estimate of drug-likeness (QED) is 0.660. The molecule has 80 valence electrons. The molecule has 1 aliphatic heterocycles. The molecule has 3 heteroatoms. The van der Waals surface area contributed by atoms with Crippen LogP contribution < -0.4 is 0 Å². The van der Waals surface area contributed by atoms with E-state index in [1.54, 1.807) is 0 Å². The van der Waals surface area contributed by atoms with Crippen molar-refractivity contribution in [2.24, 2.45) is 5.92 Å². The SMILES string of the molecule is CN(CCC#N)CCC1CCN(C)C1. The second-order valence-electron chi connectivity index (χ2n) is 4.42. The van der Waals surface area contributed by atoms with Gasteiger partial charge in [-0.1, -0.05) is 0 Å². The topological polar surface area (TPSA) is 30.3 Å². The van der Waals surface area contributed by atoms with Crippen molar-refractivity contribution in [1.82, 2.24) is 9.80 Å². The van der Waals surface area contributed by atoms with E-state index in [9.17, 15) is 0 Å². The van der Waals surface area contributed by atoms with Gasteiger partial charge in [0.2, 0.25) is 0 Å². The minimum absolute atomic E-state index is 0.654. The molecule has 0 aromatic rings. The maximum atomic E-state index is 8.45. The van der Waals surface area contributed by atoms with Crippen molar-refractivity contribution >= 4 is 0 Å². The van der Waals surface area contributed by atoms with Gasteiger partial charge in [0.1, 0.15) is 0 Å². The van der Waals surface area contributed by atoms with E-state index in [4.69, 9.17) is 5.26 Å². The average Bonchev–Trinajstić information content (AvgIpc) is 2.58. The third-order valence-corrected chi connectivity index (χ3v) is 3.01. The zero-order chi connectivity index (χ0) is 10.4. The first-order chi connectivity index (χ1) is 6.72. The van der Waals surface area contributed by atoms with Gasteiger partial charge in [0.15, 0.2) is 0 Å². The molecular weight excluding hydrogens is 174 g/mol. The van der Waals surface area contributed by atoms with E-state index < -0.39 is 0 Å². The molecule has 0 bridgehead atoms. The van der Waals surface area contributed by atoms with Gasteiger partial charge in [-0.2, -0.15) is 5.26 Å². The number of nitriles is 1. The third-order valence-electron chi connectivity index (χ3n) is 3.01. The summed E-state index contributed by atoms with van der Waals surface area (Å²) in [6, 6.07) is 2.18. The maximum Gasteiger partial charge on any atom is 0.0635 e. The van der Waals surface area contributed by atoms with Crippen molar-refractivity contribution in [3.63, 3.8) is 0 Å². The van der Waals surface area contributed by atoms with E-state index in [2.05, 4.69) is 30.0 Å². The van der Waals surface area contributed by atoms with E-state index >= 15 is 0 Å². The molecule has 0 spiro atoms. The molecule has 0 radical (unpaired) electrons. The summed E-state index contributed by atoms with van der Waals surface area (Å²) < 4.78 is 0. The average molecular weight is 195 g/mol. The molecule has 0 aromatic heterocycles. The van der Waals surface area contributed by atoms with Gasteiger partial charge in [0, 0.05) is 19.5 Å². The second-order valence-corrected chi connectivity index (χ2v) is 4.42. The molecular formula is C11H21N3. The van der Waals surface area contributed by atoms with Crippen LogP contribution >= 0.6 is 0 Å². The fraction of sp³-hybridized carbons (Fsp3) is 0.909. The van der Waals surface area contributed by atoms with E-state index in [0.29, 0.717) is 6.42 Å². The van der Waals surface area contributed by atoms with E-state index in [1.165, 1.54) is 25.9 Å². The van der Waals surface area contributed by atoms with Crippen LogP contribution in [0.3, 0.4) is 0 Å². The van der Waals surface area contributed by atoms with Gasteiger partial charge >= 0.3 is 0 Å². The fourth-order valence-corrected chi connectivity index (χ4v) is 2.02. The second kappa shape index (κ2) is 6.00. The van der Waals surface area contributed by atoms with Crippen molar-refractivity contribution < 1.29 is 0 Å². The molecule has 0 aromatic carbocycles. The highest BCUT2D eigenvalue weighted by molar-refractivity contribution is 4.75. The van der Waals surface area contributed by atoms with Crippen molar-refractivity contribution in [2.45, 2.75) is 19.3 Å². The third kappa shape index (κ3) is 4.08. The van der Waals surface area contributed by atoms with Gasteiger partial charge in [-0.05, 0) is 45.9 Å². The Morgan fingerprint density at radius 1 is 1.50 bits per heavy atom. The van der Waals surface area contributed by atoms with Crippen LogP contribution in [0, 0.1) is 17.2 Å². The summed E-state index contributed by atoms with van der Waals surface area (Å²) in [6.07, 6.45) is 3.29. The van der Waals surface area contributed by atoms with Gasteiger partial charge in [0.05, 0.1) is 6.07 Å². The molecule has 1 atom stereocenters. The van der Waals surface area contributed by atoms with Crippen molar-refractivity contribution in [2.75, 3.05) is 40.3 Å². The van der Waals surface area contributed by atoms with Crippen LogP contribution in [0.2, 0.25) is 0 Å². The van der Waals surface area contributed by atoms with Gasteiger partial charge < -0.3 is 9.80 Å². The molecule has 0 N–H and O–H groups in total. The van der Waals surface area contributed by atoms with Crippen molar-refractivity contribution in [1.29, 1.82) is 5.26 Å². The van der Waals surface area contributed by atoms with E-state index in [0.717, 1.165) is 19.0 Å². The Hall–Kier alpha value is -0.590. The molecule has 1 unspecified atom stereocenters.